The largest absolute Gasteiger partial charge is 0.326 e. The van der Waals surface area contributed by atoms with Crippen molar-refractivity contribution in [2.45, 2.75) is 40.0 Å². The first-order valence-electron chi connectivity index (χ1n) is 5.89. The predicted molar refractivity (Wildman–Crippen MR) is 58.6 cm³/mol. The zero-order valence-electron chi connectivity index (χ0n) is 9.84. The fraction of sp³-hybridized carbons (Fsp3) is 1.00. The highest BCUT2D eigenvalue weighted by atomic mass is 15.3. The zero-order valence-corrected chi connectivity index (χ0v) is 9.84. The van der Waals surface area contributed by atoms with Crippen molar-refractivity contribution in [1.29, 1.82) is 0 Å². The Kier molecular flexibility index (Phi) is 3.78. The molecule has 1 saturated heterocycles. The second kappa shape index (κ2) is 4.45. The molecule has 1 aliphatic rings. The number of rotatable bonds is 3. The van der Waals surface area contributed by atoms with E-state index in [0.29, 0.717) is 0 Å². The van der Waals surface area contributed by atoms with Crippen LogP contribution in [-0.4, -0.2) is 31.2 Å². The maximum Gasteiger partial charge on any atom is 0.0810 e. The molecular weight excluding hydrogens is 158 g/mol. The van der Waals surface area contributed by atoms with Crippen LogP contribution in [0.1, 0.15) is 40.0 Å². The molecule has 1 fully saturated rings. The van der Waals surface area contributed by atoms with E-state index in [1.54, 1.807) is 0 Å². The molecule has 0 aromatic rings. The molecule has 0 radical (unpaired) electrons. The molecule has 1 heterocycles. The maximum absolute atomic E-state index is 2.44. The Morgan fingerprint density at radius 1 is 1.31 bits per heavy atom. The van der Waals surface area contributed by atoms with Crippen LogP contribution in [0.4, 0.5) is 0 Å². The molecule has 0 aromatic heterocycles. The monoisotopic (exact) mass is 184 g/mol. The van der Waals surface area contributed by atoms with Gasteiger partial charge in [0.25, 0.3) is 0 Å². The third-order valence-electron chi connectivity index (χ3n) is 3.77. The van der Waals surface area contributed by atoms with E-state index in [2.05, 4.69) is 27.8 Å². The molecule has 0 bridgehead atoms. The summed E-state index contributed by atoms with van der Waals surface area (Å²) in [5.41, 5.74) is 0. The Balaban J connectivity index is 2.38. The van der Waals surface area contributed by atoms with Crippen molar-refractivity contribution in [3.63, 3.8) is 0 Å². The molecule has 78 valence electrons. The van der Waals surface area contributed by atoms with Crippen molar-refractivity contribution < 1.29 is 4.48 Å². The summed E-state index contributed by atoms with van der Waals surface area (Å²) in [5.74, 6) is 1.88. The van der Waals surface area contributed by atoms with Crippen LogP contribution >= 0.6 is 0 Å². The van der Waals surface area contributed by atoms with Gasteiger partial charge in [0.15, 0.2) is 0 Å². The van der Waals surface area contributed by atoms with E-state index >= 15 is 0 Å². The van der Waals surface area contributed by atoms with Gasteiger partial charge in [0.2, 0.25) is 0 Å². The van der Waals surface area contributed by atoms with Gasteiger partial charge >= 0.3 is 0 Å². The Morgan fingerprint density at radius 3 is 2.31 bits per heavy atom. The van der Waals surface area contributed by atoms with Crippen molar-refractivity contribution in [3.05, 3.63) is 0 Å². The molecule has 0 saturated carbocycles. The number of likely N-dealkylation sites (tertiary alicyclic amines) is 1. The fourth-order valence-corrected chi connectivity index (χ4v) is 2.38. The molecule has 1 nitrogen and oxygen atoms in total. The van der Waals surface area contributed by atoms with E-state index < -0.39 is 0 Å². The van der Waals surface area contributed by atoms with Gasteiger partial charge in [-0.15, -0.1) is 0 Å². The fourth-order valence-electron chi connectivity index (χ4n) is 2.38. The molecule has 1 rings (SSSR count). The Bertz CT molecular complexity index is 145. The normalized spacial score (nSPS) is 37.4. The number of hydrogen-bond acceptors (Lipinski definition) is 0. The zero-order chi connectivity index (χ0) is 9.90. The van der Waals surface area contributed by atoms with Gasteiger partial charge < -0.3 is 4.48 Å². The molecule has 1 unspecified atom stereocenters. The van der Waals surface area contributed by atoms with E-state index in [-0.39, 0.29) is 0 Å². The summed E-state index contributed by atoms with van der Waals surface area (Å²) in [7, 11) is 2.44. The van der Waals surface area contributed by atoms with Gasteiger partial charge in [-0.25, -0.2) is 0 Å². The topological polar surface area (TPSA) is 0 Å². The Hall–Kier alpha value is -0.0400. The van der Waals surface area contributed by atoms with Crippen molar-refractivity contribution in [3.8, 4) is 0 Å². The minimum absolute atomic E-state index is 0.901. The van der Waals surface area contributed by atoms with Gasteiger partial charge in [-0.2, -0.15) is 0 Å². The average molecular weight is 184 g/mol. The van der Waals surface area contributed by atoms with Gasteiger partial charge in [-0.1, -0.05) is 20.8 Å². The van der Waals surface area contributed by atoms with E-state index in [0.717, 1.165) is 11.8 Å². The highest BCUT2D eigenvalue weighted by Gasteiger charge is 2.28. The second-order valence-corrected chi connectivity index (χ2v) is 5.45. The summed E-state index contributed by atoms with van der Waals surface area (Å²) in [6, 6.07) is 0. The summed E-state index contributed by atoms with van der Waals surface area (Å²) >= 11 is 0. The quantitative estimate of drug-likeness (QED) is 0.592. The molecule has 0 N–H and O–H groups in total. The number of piperidine rings is 1. The van der Waals surface area contributed by atoms with Gasteiger partial charge in [-0.05, 0) is 25.2 Å². The van der Waals surface area contributed by atoms with Crippen LogP contribution in [-0.2, 0) is 0 Å². The van der Waals surface area contributed by atoms with Crippen LogP contribution in [0.15, 0.2) is 0 Å². The molecular formula is C12H26N+. The third kappa shape index (κ3) is 3.30. The SMILES string of the molecule is CCC(C)C[N+]1(C)CCC(C)CC1. The predicted octanol–water partition coefficient (Wildman–Crippen LogP) is 2.91. The number of nitrogens with zero attached hydrogens (tertiary/aromatic N) is 1. The summed E-state index contributed by atoms with van der Waals surface area (Å²) in [4.78, 5) is 0. The maximum atomic E-state index is 2.44. The summed E-state index contributed by atoms with van der Waals surface area (Å²) in [5, 5.41) is 0. The lowest BCUT2D eigenvalue weighted by Crippen LogP contribution is -2.51. The molecule has 0 aromatic carbocycles. The highest BCUT2D eigenvalue weighted by molar-refractivity contribution is 4.60. The Morgan fingerprint density at radius 2 is 1.85 bits per heavy atom. The summed E-state index contributed by atoms with van der Waals surface area (Å²) < 4.78 is 1.33. The van der Waals surface area contributed by atoms with Gasteiger partial charge in [-0.3, -0.25) is 0 Å². The first kappa shape index (κ1) is 11.0. The lowest BCUT2D eigenvalue weighted by Gasteiger charge is -2.41. The summed E-state index contributed by atoms with van der Waals surface area (Å²) in [6.07, 6.45) is 4.21. The van der Waals surface area contributed by atoms with Gasteiger partial charge in [0, 0.05) is 5.92 Å². The minimum Gasteiger partial charge on any atom is -0.326 e. The van der Waals surface area contributed by atoms with Crippen LogP contribution in [0.25, 0.3) is 0 Å². The van der Waals surface area contributed by atoms with E-state index in [4.69, 9.17) is 0 Å². The average Bonchev–Trinajstić information content (AvgIpc) is 2.10. The van der Waals surface area contributed by atoms with Crippen LogP contribution in [0, 0.1) is 11.8 Å². The third-order valence-corrected chi connectivity index (χ3v) is 3.77. The second-order valence-electron chi connectivity index (χ2n) is 5.45. The molecule has 13 heavy (non-hydrogen) atoms. The molecule has 0 amide bonds. The molecule has 1 aliphatic heterocycles. The lowest BCUT2D eigenvalue weighted by molar-refractivity contribution is -0.918. The first-order chi connectivity index (χ1) is 6.06. The van der Waals surface area contributed by atoms with Crippen molar-refractivity contribution >= 4 is 0 Å². The lowest BCUT2D eigenvalue weighted by atomic mass is 9.95. The molecule has 1 atom stereocenters. The van der Waals surface area contributed by atoms with Crippen LogP contribution in [0.3, 0.4) is 0 Å². The molecule has 0 spiro atoms. The van der Waals surface area contributed by atoms with Gasteiger partial charge in [0.05, 0.1) is 26.7 Å². The van der Waals surface area contributed by atoms with Crippen molar-refractivity contribution in [1.82, 2.24) is 0 Å². The first-order valence-corrected chi connectivity index (χ1v) is 5.89. The van der Waals surface area contributed by atoms with E-state index in [1.807, 2.05) is 0 Å². The number of quaternary nitrogens is 1. The van der Waals surface area contributed by atoms with Crippen LogP contribution in [0.2, 0.25) is 0 Å². The summed E-state index contributed by atoms with van der Waals surface area (Å²) in [6.45, 7) is 11.3. The minimum atomic E-state index is 0.901. The highest BCUT2D eigenvalue weighted by Crippen LogP contribution is 2.23. The van der Waals surface area contributed by atoms with E-state index in [1.165, 1.54) is 43.4 Å². The molecule has 1 heteroatoms. The van der Waals surface area contributed by atoms with E-state index in [9.17, 15) is 0 Å². The van der Waals surface area contributed by atoms with Crippen molar-refractivity contribution in [2.75, 3.05) is 26.7 Å². The van der Waals surface area contributed by atoms with Crippen LogP contribution < -0.4 is 0 Å². The van der Waals surface area contributed by atoms with Crippen LogP contribution in [0.5, 0.6) is 0 Å². The van der Waals surface area contributed by atoms with Crippen molar-refractivity contribution in [2.24, 2.45) is 11.8 Å². The number of hydrogen-bond donors (Lipinski definition) is 0. The smallest absolute Gasteiger partial charge is 0.0810 e. The van der Waals surface area contributed by atoms with Gasteiger partial charge in [0.1, 0.15) is 0 Å². The molecule has 0 aliphatic carbocycles. The standard InChI is InChI=1S/C12H26N/c1-5-11(2)10-13(4)8-6-12(3)7-9-13/h11-12H,5-10H2,1-4H3/q+1. The Labute approximate surface area is 83.7 Å².